The van der Waals surface area contributed by atoms with Gasteiger partial charge in [0.15, 0.2) is 0 Å². The Kier molecular flexibility index (Phi) is 5.51. The van der Waals surface area contributed by atoms with Crippen molar-refractivity contribution < 1.29 is 9.47 Å². The van der Waals surface area contributed by atoms with Gasteiger partial charge in [-0.1, -0.05) is 48.5 Å². The van der Waals surface area contributed by atoms with Gasteiger partial charge in [-0.15, -0.1) is 0 Å². The molecule has 0 heterocycles. The first-order valence-electron chi connectivity index (χ1n) is 8.35. The van der Waals surface area contributed by atoms with Crippen molar-refractivity contribution in [2.75, 3.05) is 40.4 Å². The van der Waals surface area contributed by atoms with E-state index in [0.29, 0.717) is 13.2 Å². The number of fused-ring (bicyclic) bond motifs is 2. The summed E-state index contributed by atoms with van der Waals surface area (Å²) in [6.07, 6.45) is 0. The quantitative estimate of drug-likeness (QED) is 0.493. The second kappa shape index (κ2) is 7.99. The fourth-order valence-electron chi connectivity index (χ4n) is 2.87. The zero-order valence-electron chi connectivity index (χ0n) is 14.3. The van der Waals surface area contributed by atoms with Crippen LogP contribution in [-0.2, 0) is 0 Å². The van der Waals surface area contributed by atoms with E-state index in [9.17, 15) is 0 Å². The van der Waals surface area contributed by atoms with Gasteiger partial charge in [0, 0.05) is 34.6 Å². The van der Waals surface area contributed by atoms with E-state index in [4.69, 9.17) is 9.47 Å². The molecule has 4 heteroatoms. The van der Waals surface area contributed by atoms with Crippen molar-refractivity contribution >= 4 is 21.5 Å². The first-order chi connectivity index (χ1) is 11.9. The van der Waals surface area contributed by atoms with Crippen LogP contribution in [0.5, 0.6) is 11.5 Å². The van der Waals surface area contributed by atoms with Gasteiger partial charge in [0.05, 0.1) is 0 Å². The average Bonchev–Trinajstić information content (AvgIpc) is 2.63. The van der Waals surface area contributed by atoms with Crippen LogP contribution in [0.15, 0.2) is 48.5 Å². The van der Waals surface area contributed by atoms with E-state index in [2.05, 4.69) is 34.9 Å². The Hall–Kier alpha value is -2.30. The fraction of sp³-hybridized carbons (Fsp3) is 0.300. The maximum Gasteiger partial charge on any atom is 0.135 e. The van der Waals surface area contributed by atoms with Gasteiger partial charge >= 0.3 is 0 Å². The fourth-order valence-corrected chi connectivity index (χ4v) is 2.87. The predicted molar refractivity (Wildman–Crippen MR) is 100 cm³/mol. The van der Waals surface area contributed by atoms with Crippen molar-refractivity contribution in [2.24, 2.45) is 0 Å². The van der Waals surface area contributed by atoms with E-state index < -0.39 is 0 Å². The molecule has 0 amide bonds. The van der Waals surface area contributed by atoms with Gasteiger partial charge in [-0.3, -0.25) is 0 Å². The molecule has 3 aromatic rings. The van der Waals surface area contributed by atoms with E-state index in [0.717, 1.165) is 46.1 Å². The molecule has 0 unspecified atom stereocenters. The third-order valence-corrected chi connectivity index (χ3v) is 4.03. The molecule has 3 rings (SSSR count). The van der Waals surface area contributed by atoms with Crippen LogP contribution < -0.4 is 20.1 Å². The van der Waals surface area contributed by atoms with Gasteiger partial charge < -0.3 is 20.1 Å². The number of rotatable bonds is 8. The molecule has 0 aliphatic rings. The molecule has 0 saturated carbocycles. The molecule has 3 aromatic carbocycles. The van der Waals surface area contributed by atoms with Gasteiger partial charge in [-0.2, -0.15) is 0 Å². The number of hydrogen-bond acceptors (Lipinski definition) is 4. The summed E-state index contributed by atoms with van der Waals surface area (Å²) < 4.78 is 12.2. The Morgan fingerprint density at radius 1 is 0.625 bits per heavy atom. The number of likely N-dealkylation sites (N-methyl/N-ethyl adjacent to an activating group) is 2. The lowest BCUT2D eigenvalue weighted by Gasteiger charge is -2.17. The standard InChI is InChI=1S/C20H24N2O2/c1-21-11-13-23-19-15-7-3-5-9-17(15)20(24-14-12-22-2)18-10-6-4-8-16(18)19/h3-10,21-22H,11-14H2,1-2H3. The van der Waals surface area contributed by atoms with Crippen LogP contribution in [0.4, 0.5) is 0 Å². The summed E-state index contributed by atoms with van der Waals surface area (Å²) in [5.41, 5.74) is 0. The van der Waals surface area contributed by atoms with Crippen LogP contribution in [0.2, 0.25) is 0 Å². The topological polar surface area (TPSA) is 42.5 Å². The number of nitrogens with one attached hydrogen (secondary N) is 2. The Labute approximate surface area is 142 Å². The highest BCUT2D eigenvalue weighted by molar-refractivity contribution is 6.11. The van der Waals surface area contributed by atoms with Crippen molar-refractivity contribution in [3.8, 4) is 11.5 Å². The zero-order chi connectivity index (χ0) is 16.8. The molecular formula is C20H24N2O2. The smallest absolute Gasteiger partial charge is 0.135 e. The lowest BCUT2D eigenvalue weighted by atomic mass is 10.0. The molecule has 126 valence electrons. The van der Waals surface area contributed by atoms with Gasteiger partial charge in [0.1, 0.15) is 24.7 Å². The summed E-state index contributed by atoms with van der Waals surface area (Å²) in [6, 6.07) is 16.6. The molecule has 0 bridgehead atoms. The van der Waals surface area contributed by atoms with Crippen molar-refractivity contribution in [1.82, 2.24) is 10.6 Å². The SMILES string of the molecule is CNCCOc1c2ccccc2c(OCCNC)c2ccccc12. The third-order valence-electron chi connectivity index (χ3n) is 4.03. The van der Waals surface area contributed by atoms with Crippen LogP contribution in [0.25, 0.3) is 21.5 Å². The summed E-state index contributed by atoms with van der Waals surface area (Å²) in [4.78, 5) is 0. The summed E-state index contributed by atoms with van der Waals surface area (Å²) in [5.74, 6) is 1.86. The molecule has 0 saturated heterocycles. The molecule has 0 fully saturated rings. The van der Waals surface area contributed by atoms with Crippen LogP contribution in [0, 0.1) is 0 Å². The van der Waals surface area contributed by atoms with Crippen LogP contribution >= 0.6 is 0 Å². The number of hydrogen-bond donors (Lipinski definition) is 2. The predicted octanol–water partition coefficient (Wildman–Crippen LogP) is 3.19. The maximum atomic E-state index is 6.12. The monoisotopic (exact) mass is 324 g/mol. The average molecular weight is 324 g/mol. The second-order valence-electron chi connectivity index (χ2n) is 5.65. The molecule has 0 spiro atoms. The highest BCUT2D eigenvalue weighted by Gasteiger charge is 2.15. The van der Waals surface area contributed by atoms with Gasteiger partial charge in [-0.05, 0) is 14.1 Å². The number of ether oxygens (including phenoxy) is 2. The van der Waals surface area contributed by atoms with E-state index in [1.807, 2.05) is 38.4 Å². The summed E-state index contributed by atoms with van der Waals surface area (Å²) in [5, 5.41) is 10.6. The lowest BCUT2D eigenvalue weighted by molar-refractivity contribution is 0.320. The summed E-state index contributed by atoms with van der Waals surface area (Å²) in [6.45, 7) is 2.88. The minimum atomic E-state index is 0.629. The molecule has 0 aliphatic carbocycles. The summed E-state index contributed by atoms with van der Waals surface area (Å²) in [7, 11) is 3.86. The van der Waals surface area contributed by atoms with E-state index in [-0.39, 0.29) is 0 Å². The Morgan fingerprint density at radius 2 is 0.958 bits per heavy atom. The second-order valence-corrected chi connectivity index (χ2v) is 5.65. The van der Waals surface area contributed by atoms with Gasteiger partial charge in [0.25, 0.3) is 0 Å². The van der Waals surface area contributed by atoms with E-state index in [1.54, 1.807) is 0 Å². The Morgan fingerprint density at radius 3 is 1.25 bits per heavy atom. The van der Waals surface area contributed by atoms with Crippen LogP contribution in [0.1, 0.15) is 0 Å². The molecule has 0 aliphatic heterocycles. The van der Waals surface area contributed by atoms with Crippen molar-refractivity contribution in [3.05, 3.63) is 48.5 Å². The van der Waals surface area contributed by atoms with Gasteiger partial charge in [0.2, 0.25) is 0 Å². The lowest BCUT2D eigenvalue weighted by Crippen LogP contribution is -2.17. The highest BCUT2D eigenvalue weighted by Crippen LogP contribution is 2.42. The van der Waals surface area contributed by atoms with Crippen molar-refractivity contribution in [3.63, 3.8) is 0 Å². The molecular weight excluding hydrogens is 300 g/mol. The maximum absolute atomic E-state index is 6.12. The van der Waals surface area contributed by atoms with Crippen molar-refractivity contribution in [2.45, 2.75) is 0 Å². The van der Waals surface area contributed by atoms with E-state index in [1.165, 1.54) is 0 Å². The highest BCUT2D eigenvalue weighted by atomic mass is 16.5. The minimum Gasteiger partial charge on any atom is -0.491 e. The van der Waals surface area contributed by atoms with E-state index >= 15 is 0 Å². The third kappa shape index (κ3) is 3.30. The molecule has 4 nitrogen and oxygen atoms in total. The summed E-state index contributed by atoms with van der Waals surface area (Å²) >= 11 is 0. The molecule has 0 atom stereocenters. The largest absolute Gasteiger partial charge is 0.491 e. The molecule has 2 N–H and O–H groups in total. The van der Waals surface area contributed by atoms with Crippen molar-refractivity contribution in [1.29, 1.82) is 0 Å². The number of benzene rings is 3. The Balaban J connectivity index is 2.17. The molecule has 0 radical (unpaired) electrons. The molecule has 24 heavy (non-hydrogen) atoms. The van der Waals surface area contributed by atoms with Gasteiger partial charge in [-0.25, -0.2) is 0 Å². The first-order valence-corrected chi connectivity index (χ1v) is 8.35. The zero-order valence-corrected chi connectivity index (χ0v) is 14.3. The first kappa shape index (κ1) is 16.6. The molecule has 0 aromatic heterocycles. The van der Waals surface area contributed by atoms with Crippen LogP contribution in [0.3, 0.4) is 0 Å². The normalized spacial score (nSPS) is 11.1. The van der Waals surface area contributed by atoms with Crippen LogP contribution in [-0.4, -0.2) is 40.4 Å². The minimum absolute atomic E-state index is 0.629. The Bertz CT molecular complexity index is 692.